The molecule has 1 aromatic carbocycles. The largest absolute Gasteiger partial charge is 0.207 e. The van der Waals surface area contributed by atoms with Gasteiger partial charge >= 0.3 is 0 Å². The molecule has 0 fully saturated rings. The Hall–Kier alpha value is -0.560. The van der Waals surface area contributed by atoms with Gasteiger partial charge in [0.2, 0.25) is 0 Å². The Balaban J connectivity index is 3.01. The van der Waals surface area contributed by atoms with Crippen LogP contribution in [0.2, 0.25) is 0 Å². The third kappa shape index (κ3) is 2.48. The van der Waals surface area contributed by atoms with Gasteiger partial charge in [0.25, 0.3) is 0 Å². The molecule has 0 radical (unpaired) electrons. The number of hydrogen-bond donors (Lipinski definition) is 0. The standard InChI is InChI=1S/C12H16ClF/c1-9-8-10(4-5-11(9)14)12(2,3)6-7-13/h4-5,8H,6-7H2,1-3H3. The van der Waals surface area contributed by atoms with Crippen molar-refractivity contribution >= 4 is 11.6 Å². The summed E-state index contributed by atoms with van der Waals surface area (Å²) in [5.41, 5.74) is 1.88. The minimum absolute atomic E-state index is 0.0280. The fourth-order valence-corrected chi connectivity index (χ4v) is 1.92. The van der Waals surface area contributed by atoms with Crippen LogP contribution in [0, 0.1) is 12.7 Å². The van der Waals surface area contributed by atoms with Gasteiger partial charge < -0.3 is 0 Å². The third-order valence-corrected chi connectivity index (χ3v) is 2.85. The molecular formula is C12H16ClF. The van der Waals surface area contributed by atoms with Crippen LogP contribution in [0.15, 0.2) is 18.2 Å². The average Bonchev–Trinajstić information content (AvgIpc) is 2.09. The highest BCUT2D eigenvalue weighted by atomic mass is 35.5. The molecular weight excluding hydrogens is 199 g/mol. The van der Waals surface area contributed by atoms with Crippen molar-refractivity contribution in [1.82, 2.24) is 0 Å². The monoisotopic (exact) mass is 214 g/mol. The van der Waals surface area contributed by atoms with Gasteiger partial charge in [-0.1, -0.05) is 26.0 Å². The number of benzene rings is 1. The zero-order valence-electron chi connectivity index (χ0n) is 8.90. The van der Waals surface area contributed by atoms with Gasteiger partial charge in [-0.05, 0) is 36.0 Å². The number of alkyl halides is 1. The molecule has 0 aromatic heterocycles. The summed E-state index contributed by atoms with van der Waals surface area (Å²) in [7, 11) is 0. The van der Waals surface area contributed by atoms with E-state index in [1.54, 1.807) is 6.92 Å². The molecule has 0 heterocycles. The lowest BCUT2D eigenvalue weighted by Gasteiger charge is -2.24. The molecule has 1 aromatic rings. The maximum absolute atomic E-state index is 13.0. The van der Waals surface area contributed by atoms with Crippen LogP contribution in [0.1, 0.15) is 31.4 Å². The summed E-state index contributed by atoms with van der Waals surface area (Å²) in [6.45, 7) is 6.04. The summed E-state index contributed by atoms with van der Waals surface area (Å²) in [5, 5.41) is 0. The molecule has 0 aliphatic carbocycles. The first-order valence-electron chi connectivity index (χ1n) is 4.80. The second kappa shape index (κ2) is 4.31. The summed E-state index contributed by atoms with van der Waals surface area (Å²) < 4.78 is 13.0. The number of aryl methyl sites for hydroxylation is 1. The zero-order valence-corrected chi connectivity index (χ0v) is 9.66. The van der Waals surface area contributed by atoms with Gasteiger partial charge in [0.15, 0.2) is 0 Å². The Labute approximate surface area is 90.1 Å². The van der Waals surface area contributed by atoms with Crippen molar-refractivity contribution in [2.75, 3.05) is 5.88 Å². The van der Waals surface area contributed by atoms with Gasteiger partial charge in [-0.15, -0.1) is 11.6 Å². The molecule has 0 saturated carbocycles. The van der Waals surface area contributed by atoms with E-state index in [9.17, 15) is 4.39 Å². The smallest absolute Gasteiger partial charge is 0.126 e. The van der Waals surface area contributed by atoms with Gasteiger partial charge in [-0.3, -0.25) is 0 Å². The van der Waals surface area contributed by atoms with Gasteiger partial charge in [-0.2, -0.15) is 0 Å². The molecule has 0 saturated heterocycles. The molecule has 14 heavy (non-hydrogen) atoms. The van der Waals surface area contributed by atoms with Crippen LogP contribution in [0.3, 0.4) is 0 Å². The molecule has 0 spiro atoms. The van der Waals surface area contributed by atoms with Crippen LogP contribution in [0.4, 0.5) is 4.39 Å². The molecule has 0 atom stereocenters. The van der Waals surface area contributed by atoms with E-state index >= 15 is 0 Å². The lowest BCUT2D eigenvalue weighted by molar-refractivity contribution is 0.506. The average molecular weight is 215 g/mol. The fraction of sp³-hybridized carbons (Fsp3) is 0.500. The van der Waals surface area contributed by atoms with E-state index in [0.717, 1.165) is 12.0 Å². The second-order valence-corrected chi connectivity index (χ2v) is 4.66. The van der Waals surface area contributed by atoms with Crippen LogP contribution in [-0.2, 0) is 5.41 Å². The first-order valence-corrected chi connectivity index (χ1v) is 5.33. The van der Waals surface area contributed by atoms with Gasteiger partial charge in [0, 0.05) is 5.88 Å². The Morgan fingerprint density at radius 3 is 2.50 bits per heavy atom. The van der Waals surface area contributed by atoms with E-state index in [4.69, 9.17) is 11.6 Å². The predicted octanol–water partition coefficient (Wildman–Crippen LogP) is 4.04. The Morgan fingerprint density at radius 1 is 1.36 bits per heavy atom. The van der Waals surface area contributed by atoms with Crippen molar-refractivity contribution in [2.45, 2.75) is 32.6 Å². The molecule has 0 bridgehead atoms. The van der Waals surface area contributed by atoms with Crippen molar-refractivity contribution in [3.05, 3.63) is 35.1 Å². The highest BCUT2D eigenvalue weighted by molar-refractivity contribution is 6.17. The van der Waals surface area contributed by atoms with E-state index in [1.165, 1.54) is 6.07 Å². The van der Waals surface area contributed by atoms with E-state index in [2.05, 4.69) is 13.8 Å². The summed E-state index contributed by atoms with van der Waals surface area (Å²) in [6, 6.07) is 5.28. The molecule has 0 unspecified atom stereocenters. The van der Waals surface area contributed by atoms with E-state index in [1.807, 2.05) is 12.1 Å². The highest BCUT2D eigenvalue weighted by Gasteiger charge is 2.20. The molecule has 2 heteroatoms. The van der Waals surface area contributed by atoms with Crippen molar-refractivity contribution in [3.8, 4) is 0 Å². The summed E-state index contributed by atoms with van der Waals surface area (Å²) in [6.07, 6.45) is 0.902. The fourth-order valence-electron chi connectivity index (χ4n) is 1.45. The third-order valence-electron chi connectivity index (χ3n) is 2.66. The van der Waals surface area contributed by atoms with Crippen molar-refractivity contribution in [3.63, 3.8) is 0 Å². The minimum atomic E-state index is -0.143. The topological polar surface area (TPSA) is 0 Å². The quantitative estimate of drug-likeness (QED) is 0.667. The highest BCUT2D eigenvalue weighted by Crippen LogP contribution is 2.28. The summed E-state index contributed by atoms with van der Waals surface area (Å²) >= 11 is 5.73. The summed E-state index contributed by atoms with van der Waals surface area (Å²) in [4.78, 5) is 0. The summed E-state index contributed by atoms with van der Waals surface area (Å²) in [5.74, 6) is 0.485. The zero-order chi connectivity index (χ0) is 10.8. The Kier molecular flexibility index (Phi) is 3.54. The van der Waals surface area contributed by atoms with Crippen LogP contribution in [0.25, 0.3) is 0 Å². The normalized spacial score (nSPS) is 11.8. The van der Waals surface area contributed by atoms with Crippen molar-refractivity contribution < 1.29 is 4.39 Å². The maximum Gasteiger partial charge on any atom is 0.126 e. The predicted molar refractivity (Wildman–Crippen MR) is 59.5 cm³/mol. The first-order chi connectivity index (χ1) is 6.47. The number of hydrogen-bond acceptors (Lipinski definition) is 0. The lowest BCUT2D eigenvalue weighted by atomic mass is 9.81. The molecule has 0 aliphatic heterocycles. The molecule has 0 N–H and O–H groups in total. The molecule has 78 valence electrons. The second-order valence-electron chi connectivity index (χ2n) is 4.29. The lowest BCUT2D eigenvalue weighted by Crippen LogP contribution is -2.17. The van der Waals surface area contributed by atoms with E-state index in [0.29, 0.717) is 11.4 Å². The first kappa shape index (κ1) is 11.5. The van der Waals surface area contributed by atoms with E-state index in [-0.39, 0.29) is 11.2 Å². The van der Waals surface area contributed by atoms with E-state index < -0.39 is 0 Å². The molecule has 1 rings (SSSR count). The minimum Gasteiger partial charge on any atom is -0.207 e. The number of halogens is 2. The Bertz CT molecular complexity index is 318. The van der Waals surface area contributed by atoms with Crippen LogP contribution in [-0.4, -0.2) is 5.88 Å². The van der Waals surface area contributed by atoms with Crippen molar-refractivity contribution in [1.29, 1.82) is 0 Å². The molecule has 0 amide bonds. The van der Waals surface area contributed by atoms with Gasteiger partial charge in [-0.25, -0.2) is 4.39 Å². The molecule has 0 nitrogen and oxygen atoms in total. The Morgan fingerprint density at radius 2 is 2.00 bits per heavy atom. The maximum atomic E-state index is 13.0. The number of rotatable bonds is 3. The molecule has 0 aliphatic rings. The van der Waals surface area contributed by atoms with Crippen LogP contribution < -0.4 is 0 Å². The van der Waals surface area contributed by atoms with Crippen LogP contribution in [0.5, 0.6) is 0 Å². The van der Waals surface area contributed by atoms with Gasteiger partial charge in [0.1, 0.15) is 5.82 Å². The van der Waals surface area contributed by atoms with Gasteiger partial charge in [0.05, 0.1) is 0 Å². The van der Waals surface area contributed by atoms with Crippen LogP contribution >= 0.6 is 11.6 Å². The van der Waals surface area contributed by atoms with Crippen molar-refractivity contribution in [2.24, 2.45) is 0 Å². The SMILES string of the molecule is Cc1cc(C(C)(C)CCCl)ccc1F.